The molecule has 156 valence electrons. The summed E-state index contributed by atoms with van der Waals surface area (Å²) in [5, 5.41) is 0. The minimum absolute atomic E-state index is 0.372. The number of esters is 1. The number of carbonyl (C=O) groups is 1. The van der Waals surface area contributed by atoms with Gasteiger partial charge in [-0.1, -0.05) is 0 Å². The first kappa shape index (κ1) is 20.8. The SMILES string of the molecule is COCC1CCN(c2ncnc(N3CCC(COC)CC3)c2C(=O)OC)CC1. The summed E-state index contributed by atoms with van der Waals surface area (Å²) in [7, 11) is 4.90. The third-order valence-electron chi connectivity index (χ3n) is 5.83. The van der Waals surface area contributed by atoms with Crippen molar-refractivity contribution < 1.29 is 19.0 Å². The zero-order valence-corrected chi connectivity index (χ0v) is 17.2. The number of hydrogen-bond acceptors (Lipinski definition) is 8. The summed E-state index contributed by atoms with van der Waals surface area (Å²) in [6.45, 7) is 4.97. The smallest absolute Gasteiger partial charge is 0.345 e. The van der Waals surface area contributed by atoms with Gasteiger partial charge in [0, 0.05) is 53.6 Å². The van der Waals surface area contributed by atoms with Crippen molar-refractivity contribution in [3.05, 3.63) is 11.9 Å². The van der Waals surface area contributed by atoms with Crippen LogP contribution in [0, 0.1) is 11.8 Å². The summed E-state index contributed by atoms with van der Waals surface area (Å²) >= 11 is 0. The molecule has 2 aliphatic heterocycles. The van der Waals surface area contributed by atoms with Gasteiger partial charge >= 0.3 is 5.97 Å². The summed E-state index contributed by atoms with van der Waals surface area (Å²) in [4.78, 5) is 26.0. The van der Waals surface area contributed by atoms with Crippen LogP contribution in [0.5, 0.6) is 0 Å². The number of piperidine rings is 2. The molecule has 1 aromatic rings. The molecule has 2 aliphatic rings. The zero-order valence-electron chi connectivity index (χ0n) is 17.2. The van der Waals surface area contributed by atoms with E-state index in [0.29, 0.717) is 29.0 Å². The van der Waals surface area contributed by atoms with Crippen LogP contribution >= 0.6 is 0 Å². The van der Waals surface area contributed by atoms with Crippen molar-refractivity contribution in [1.29, 1.82) is 0 Å². The lowest BCUT2D eigenvalue weighted by molar-refractivity contribution is 0.0600. The van der Waals surface area contributed by atoms with Crippen molar-refractivity contribution in [3.8, 4) is 0 Å². The molecule has 0 radical (unpaired) electrons. The fraction of sp³-hybridized carbons (Fsp3) is 0.750. The number of hydrogen-bond donors (Lipinski definition) is 0. The summed E-state index contributed by atoms with van der Waals surface area (Å²) < 4.78 is 15.7. The molecule has 2 saturated heterocycles. The Morgan fingerprint density at radius 2 is 1.32 bits per heavy atom. The predicted molar refractivity (Wildman–Crippen MR) is 107 cm³/mol. The van der Waals surface area contributed by atoms with E-state index < -0.39 is 0 Å². The quantitative estimate of drug-likeness (QED) is 0.652. The number of nitrogens with zero attached hydrogens (tertiary/aromatic N) is 4. The first-order chi connectivity index (χ1) is 13.7. The molecule has 0 unspecified atom stereocenters. The van der Waals surface area contributed by atoms with E-state index in [1.807, 2.05) is 0 Å². The van der Waals surface area contributed by atoms with E-state index in [0.717, 1.165) is 65.1 Å². The van der Waals surface area contributed by atoms with Gasteiger partial charge in [0.05, 0.1) is 7.11 Å². The van der Waals surface area contributed by atoms with Gasteiger partial charge in [0.15, 0.2) is 0 Å². The van der Waals surface area contributed by atoms with Crippen LogP contribution in [0.15, 0.2) is 6.33 Å². The number of ether oxygens (including phenoxy) is 3. The molecule has 3 heterocycles. The van der Waals surface area contributed by atoms with E-state index in [4.69, 9.17) is 14.2 Å². The maximum Gasteiger partial charge on any atom is 0.345 e. The third-order valence-corrected chi connectivity index (χ3v) is 5.83. The average molecular weight is 393 g/mol. The topological polar surface area (TPSA) is 77.0 Å². The Labute approximate surface area is 167 Å². The molecule has 8 heteroatoms. The molecule has 0 aromatic carbocycles. The first-order valence-corrected chi connectivity index (χ1v) is 10.1. The molecule has 28 heavy (non-hydrogen) atoms. The number of aromatic nitrogens is 2. The summed E-state index contributed by atoms with van der Waals surface area (Å²) in [6, 6.07) is 0. The molecule has 0 aliphatic carbocycles. The Morgan fingerprint density at radius 1 is 0.893 bits per heavy atom. The molecule has 0 spiro atoms. The van der Waals surface area contributed by atoms with Gasteiger partial charge in [0.25, 0.3) is 0 Å². The first-order valence-electron chi connectivity index (χ1n) is 10.1. The lowest BCUT2D eigenvalue weighted by atomic mass is 9.96. The highest BCUT2D eigenvalue weighted by Gasteiger charge is 2.30. The van der Waals surface area contributed by atoms with E-state index in [1.165, 1.54) is 7.11 Å². The number of methoxy groups -OCH3 is 3. The van der Waals surface area contributed by atoms with Gasteiger partial charge in [-0.3, -0.25) is 0 Å². The minimum atomic E-state index is -0.372. The number of anilines is 2. The molecule has 1 aromatic heterocycles. The van der Waals surface area contributed by atoms with Gasteiger partial charge in [0.1, 0.15) is 23.5 Å². The van der Waals surface area contributed by atoms with Crippen LogP contribution in [-0.2, 0) is 14.2 Å². The van der Waals surface area contributed by atoms with Crippen molar-refractivity contribution >= 4 is 17.6 Å². The second kappa shape index (κ2) is 10.0. The summed E-state index contributed by atoms with van der Waals surface area (Å²) in [5.74, 6) is 2.12. The van der Waals surface area contributed by atoms with Gasteiger partial charge < -0.3 is 24.0 Å². The molecular weight excluding hydrogens is 360 g/mol. The van der Waals surface area contributed by atoms with Crippen LogP contribution < -0.4 is 9.80 Å². The molecule has 0 amide bonds. The number of rotatable bonds is 7. The lowest BCUT2D eigenvalue weighted by Crippen LogP contribution is -2.39. The van der Waals surface area contributed by atoms with Crippen LogP contribution in [0.3, 0.4) is 0 Å². The molecule has 0 saturated carbocycles. The van der Waals surface area contributed by atoms with E-state index in [1.54, 1.807) is 20.5 Å². The fourth-order valence-electron chi connectivity index (χ4n) is 4.23. The molecule has 2 fully saturated rings. The van der Waals surface area contributed by atoms with E-state index in [2.05, 4.69) is 19.8 Å². The van der Waals surface area contributed by atoms with E-state index in [-0.39, 0.29) is 5.97 Å². The molecule has 0 atom stereocenters. The Hall–Kier alpha value is -1.93. The Bertz CT molecular complexity index is 597. The van der Waals surface area contributed by atoms with E-state index >= 15 is 0 Å². The van der Waals surface area contributed by atoms with Crippen molar-refractivity contribution in [3.63, 3.8) is 0 Å². The van der Waals surface area contributed by atoms with Crippen LogP contribution in [0.25, 0.3) is 0 Å². The van der Waals surface area contributed by atoms with Crippen molar-refractivity contribution in [1.82, 2.24) is 9.97 Å². The Morgan fingerprint density at radius 3 is 1.68 bits per heavy atom. The maximum absolute atomic E-state index is 12.7. The van der Waals surface area contributed by atoms with E-state index in [9.17, 15) is 4.79 Å². The van der Waals surface area contributed by atoms with Gasteiger partial charge in [-0.15, -0.1) is 0 Å². The van der Waals surface area contributed by atoms with Crippen LogP contribution in [0.1, 0.15) is 36.0 Å². The van der Waals surface area contributed by atoms with Gasteiger partial charge in [0.2, 0.25) is 0 Å². The fourth-order valence-corrected chi connectivity index (χ4v) is 4.23. The molecule has 8 nitrogen and oxygen atoms in total. The van der Waals surface area contributed by atoms with Crippen molar-refractivity contribution in [2.24, 2.45) is 11.8 Å². The van der Waals surface area contributed by atoms with Gasteiger partial charge in [-0.25, -0.2) is 14.8 Å². The highest BCUT2D eigenvalue weighted by atomic mass is 16.5. The molecule has 0 N–H and O–H groups in total. The van der Waals surface area contributed by atoms with Crippen LogP contribution in [0.2, 0.25) is 0 Å². The lowest BCUT2D eigenvalue weighted by Gasteiger charge is -2.36. The normalized spacial score (nSPS) is 19.1. The van der Waals surface area contributed by atoms with Gasteiger partial charge in [-0.2, -0.15) is 0 Å². The minimum Gasteiger partial charge on any atom is -0.465 e. The summed E-state index contributed by atoms with van der Waals surface area (Å²) in [5.41, 5.74) is 0.486. The third kappa shape index (κ3) is 4.72. The molecular formula is C20H32N4O4. The second-order valence-corrected chi connectivity index (χ2v) is 7.66. The predicted octanol–water partition coefficient (Wildman–Crippen LogP) is 1.99. The second-order valence-electron chi connectivity index (χ2n) is 7.66. The van der Waals surface area contributed by atoms with Crippen LogP contribution in [0.4, 0.5) is 11.6 Å². The Balaban J connectivity index is 1.80. The Kier molecular flexibility index (Phi) is 7.44. The largest absolute Gasteiger partial charge is 0.465 e. The number of carbonyl (C=O) groups excluding carboxylic acids is 1. The van der Waals surface area contributed by atoms with Crippen molar-refractivity contribution in [2.45, 2.75) is 25.7 Å². The zero-order chi connectivity index (χ0) is 19.9. The highest BCUT2D eigenvalue weighted by Crippen LogP contribution is 2.32. The monoisotopic (exact) mass is 392 g/mol. The molecule has 0 bridgehead atoms. The van der Waals surface area contributed by atoms with Gasteiger partial charge in [-0.05, 0) is 37.5 Å². The molecule has 3 rings (SSSR count). The standard InChI is InChI=1S/C20H32N4O4/c1-26-12-15-4-8-23(9-5-15)18-17(20(25)28-3)19(22-14-21-18)24-10-6-16(7-11-24)13-27-2/h14-16H,4-13H2,1-3H3. The van der Waals surface area contributed by atoms with Crippen LogP contribution in [-0.4, -0.2) is 76.7 Å². The maximum atomic E-state index is 12.7. The van der Waals surface area contributed by atoms with Crippen molar-refractivity contribution in [2.75, 3.05) is 70.5 Å². The average Bonchev–Trinajstić information content (AvgIpc) is 2.74. The highest BCUT2D eigenvalue weighted by molar-refractivity contribution is 6.00. The summed E-state index contributed by atoms with van der Waals surface area (Å²) in [6.07, 6.45) is 5.67.